The highest BCUT2D eigenvalue weighted by Gasteiger charge is 2.45. The molecule has 1 saturated heterocycles. The Morgan fingerprint density at radius 1 is 0.974 bits per heavy atom. The van der Waals surface area contributed by atoms with Crippen molar-refractivity contribution in [2.75, 3.05) is 26.4 Å². The Labute approximate surface area is 227 Å². The van der Waals surface area contributed by atoms with Gasteiger partial charge in [0.2, 0.25) is 10.0 Å². The number of sulfonamides is 1. The molecule has 0 aromatic heterocycles. The van der Waals surface area contributed by atoms with Crippen LogP contribution < -0.4 is 0 Å². The van der Waals surface area contributed by atoms with Crippen molar-refractivity contribution in [2.45, 2.75) is 37.5 Å². The van der Waals surface area contributed by atoms with Crippen molar-refractivity contribution in [1.82, 2.24) is 9.21 Å². The minimum atomic E-state index is -3.52. The number of aliphatic hydroxyl groups is 1. The Morgan fingerprint density at radius 2 is 1.49 bits per heavy atom. The van der Waals surface area contributed by atoms with Gasteiger partial charge < -0.3 is 14.7 Å². The molecular formula is C29H32F2N2O5S. The summed E-state index contributed by atoms with van der Waals surface area (Å²) >= 11 is 0. The van der Waals surface area contributed by atoms with Gasteiger partial charge in [0, 0.05) is 33.0 Å². The zero-order valence-electron chi connectivity index (χ0n) is 22.1. The minimum Gasteiger partial charge on any atom is -0.438 e. The predicted molar refractivity (Wildman–Crippen MR) is 144 cm³/mol. The summed E-state index contributed by atoms with van der Waals surface area (Å²) in [6.07, 6.45) is -0.433. The molecule has 208 valence electrons. The number of nitrogens with zero attached hydrogens (tertiary/aromatic N) is 2. The van der Waals surface area contributed by atoms with Gasteiger partial charge in [-0.3, -0.25) is 0 Å². The third kappa shape index (κ3) is 6.63. The Balaban J connectivity index is 1.53. The van der Waals surface area contributed by atoms with Gasteiger partial charge in [0.25, 0.3) is 0 Å². The summed E-state index contributed by atoms with van der Waals surface area (Å²) in [6.45, 7) is 2.00. The molecule has 0 radical (unpaired) electrons. The van der Waals surface area contributed by atoms with Gasteiger partial charge in [0.15, 0.2) is 0 Å². The fourth-order valence-electron chi connectivity index (χ4n) is 4.89. The quantitative estimate of drug-likeness (QED) is 0.396. The predicted octanol–water partition coefficient (Wildman–Crippen LogP) is 5.07. The van der Waals surface area contributed by atoms with Crippen LogP contribution in [-0.2, 0) is 20.4 Å². The summed E-state index contributed by atoms with van der Waals surface area (Å²) in [5.41, 5.74) is 1.93. The summed E-state index contributed by atoms with van der Waals surface area (Å²) in [7, 11) is -2.16. The van der Waals surface area contributed by atoms with Gasteiger partial charge >= 0.3 is 6.09 Å². The van der Waals surface area contributed by atoms with E-state index in [-0.39, 0.29) is 24.8 Å². The lowest BCUT2D eigenvalue weighted by molar-refractivity contribution is -0.0847. The third-order valence-electron chi connectivity index (χ3n) is 7.28. The molecule has 4 rings (SSSR count). The third-order valence-corrected chi connectivity index (χ3v) is 8.56. The number of aliphatic hydroxyl groups excluding tert-OH is 1. The van der Waals surface area contributed by atoms with E-state index in [0.29, 0.717) is 18.5 Å². The van der Waals surface area contributed by atoms with Crippen LogP contribution in [0, 0.1) is 11.6 Å². The van der Waals surface area contributed by atoms with E-state index in [4.69, 9.17) is 4.74 Å². The molecule has 1 aliphatic heterocycles. The zero-order chi connectivity index (χ0) is 28.4. The van der Waals surface area contributed by atoms with Crippen LogP contribution in [-0.4, -0.2) is 61.3 Å². The molecular weight excluding hydrogens is 526 g/mol. The average Bonchev–Trinajstić information content (AvgIpc) is 2.88. The molecule has 3 atom stereocenters. The number of halogens is 2. The number of carbonyl (C=O) groups is 1. The molecule has 0 bridgehead atoms. The molecule has 39 heavy (non-hydrogen) atoms. The number of rotatable bonds is 9. The molecule has 0 unspecified atom stereocenters. The van der Waals surface area contributed by atoms with Crippen LogP contribution in [0.1, 0.15) is 36.9 Å². The Morgan fingerprint density at radius 3 is 2.00 bits per heavy atom. The number of hydrogen-bond donors (Lipinski definition) is 1. The maximum atomic E-state index is 13.7. The maximum Gasteiger partial charge on any atom is 0.411 e. The zero-order valence-corrected chi connectivity index (χ0v) is 22.9. The van der Waals surface area contributed by atoms with E-state index >= 15 is 0 Å². The molecule has 10 heteroatoms. The van der Waals surface area contributed by atoms with Crippen molar-refractivity contribution in [3.8, 4) is 11.1 Å². The van der Waals surface area contributed by atoms with Crippen LogP contribution in [0.4, 0.5) is 13.6 Å². The standard InChI is InChI=1S/C29H32F2N2O5S/c1-20(21-4-6-22(7-5-21)23-8-12-25(30)13-9-23)33-17-16-29(38-28(33)35,24-10-14-26(31)15-11-24)18-27(34)19-32(2)39(3,36)37/h4-15,20,27,34H,16-19H2,1-3H3/t20-,27+,29-/m0/s1. The van der Waals surface area contributed by atoms with Crippen LogP contribution in [0.2, 0.25) is 0 Å². The van der Waals surface area contributed by atoms with Crippen molar-refractivity contribution in [3.63, 3.8) is 0 Å². The van der Waals surface area contributed by atoms with E-state index in [1.165, 1.54) is 43.4 Å². The molecule has 7 nitrogen and oxygen atoms in total. The van der Waals surface area contributed by atoms with Crippen molar-refractivity contribution < 1.29 is 31.8 Å². The number of carbonyl (C=O) groups excluding carboxylic acids is 1. The lowest BCUT2D eigenvalue weighted by Gasteiger charge is -2.44. The highest BCUT2D eigenvalue weighted by molar-refractivity contribution is 7.88. The number of cyclic esters (lactones) is 1. The first-order valence-corrected chi connectivity index (χ1v) is 14.4. The normalized spacial score (nSPS) is 19.6. The van der Waals surface area contributed by atoms with E-state index in [9.17, 15) is 27.1 Å². The molecule has 0 saturated carbocycles. The Hall–Kier alpha value is -3.34. The number of likely N-dealkylation sites (N-methyl/N-ethyl adjacent to an activating group) is 1. The van der Waals surface area contributed by atoms with Crippen LogP contribution in [0.3, 0.4) is 0 Å². The van der Waals surface area contributed by atoms with Crippen LogP contribution in [0.15, 0.2) is 72.8 Å². The van der Waals surface area contributed by atoms with E-state index in [1.807, 2.05) is 31.2 Å². The first-order valence-electron chi connectivity index (χ1n) is 12.6. The topological polar surface area (TPSA) is 87.2 Å². The largest absolute Gasteiger partial charge is 0.438 e. The summed E-state index contributed by atoms with van der Waals surface area (Å²) in [5, 5.41) is 10.8. The van der Waals surface area contributed by atoms with Crippen LogP contribution in [0.25, 0.3) is 11.1 Å². The van der Waals surface area contributed by atoms with Gasteiger partial charge in [0.05, 0.1) is 18.4 Å². The summed E-state index contributed by atoms with van der Waals surface area (Å²) in [6, 6.07) is 19.1. The average molecular weight is 559 g/mol. The van der Waals surface area contributed by atoms with E-state index < -0.39 is 33.6 Å². The highest BCUT2D eigenvalue weighted by Crippen LogP contribution is 2.41. The van der Waals surface area contributed by atoms with Crippen molar-refractivity contribution in [2.24, 2.45) is 0 Å². The minimum absolute atomic E-state index is 0.0567. The van der Waals surface area contributed by atoms with Crippen LogP contribution >= 0.6 is 0 Å². The fraction of sp³-hybridized carbons (Fsp3) is 0.345. The molecule has 0 spiro atoms. The Bertz CT molecular complexity index is 1400. The van der Waals surface area contributed by atoms with Crippen molar-refractivity contribution >= 4 is 16.1 Å². The molecule has 1 aliphatic rings. The molecule has 1 heterocycles. The van der Waals surface area contributed by atoms with E-state index in [2.05, 4.69) is 0 Å². The monoisotopic (exact) mass is 558 g/mol. The van der Waals surface area contributed by atoms with Gasteiger partial charge in [-0.05, 0) is 53.4 Å². The Kier molecular flexibility index (Phi) is 8.39. The summed E-state index contributed by atoms with van der Waals surface area (Å²) in [5.74, 6) is -0.757. The lowest BCUT2D eigenvalue weighted by atomic mass is 9.83. The first kappa shape index (κ1) is 28.7. The maximum absolute atomic E-state index is 13.7. The SMILES string of the molecule is C[C@@H](c1ccc(-c2ccc(F)cc2)cc1)N1CC[C@](C[C@@H](O)CN(C)S(C)(=O)=O)(c2ccc(F)cc2)OC1=O. The smallest absolute Gasteiger partial charge is 0.411 e. The number of ether oxygens (including phenoxy) is 1. The van der Waals surface area contributed by atoms with Crippen molar-refractivity contribution in [3.05, 3.63) is 95.6 Å². The number of amides is 1. The molecule has 1 fully saturated rings. The van der Waals surface area contributed by atoms with E-state index in [0.717, 1.165) is 27.3 Å². The second-order valence-electron chi connectivity index (χ2n) is 10.0. The molecule has 3 aromatic rings. The summed E-state index contributed by atoms with van der Waals surface area (Å²) in [4.78, 5) is 14.9. The van der Waals surface area contributed by atoms with Crippen LogP contribution in [0.5, 0.6) is 0 Å². The lowest BCUT2D eigenvalue weighted by Crippen LogP contribution is -2.50. The number of benzene rings is 3. The van der Waals surface area contributed by atoms with Gasteiger partial charge in [-0.15, -0.1) is 0 Å². The number of hydrogen-bond acceptors (Lipinski definition) is 5. The van der Waals surface area contributed by atoms with Crippen molar-refractivity contribution in [1.29, 1.82) is 0 Å². The fourth-order valence-corrected chi connectivity index (χ4v) is 5.34. The van der Waals surface area contributed by atoms with Gasteiger partial charge in [0.1, 0.15) is 17.2 Å². The second kappa shape index (κ2) is 11.4. The van der Waals surface area contributed by atoms with Gasteiger partial charge in [-0.2, -0.15) is 0 Å². The van der Waals surface area contributed by atoms with E-state index in [1.54, 1.807) is 17.0 Å². The highest BCUT2D eigenvalue weighted by atomic mass is 32.2. The molecule has 0 aliphatic carbocycles. The molecule has 1 amide bonds. The van der Waals surface area contributed by atoms with Gasteiger partial charge in [-0.25, -0.2) is 26.3 Å². The molecule has 1 N–H and O–H groups in total. The second-order valence-corrected chi connectivity index (χ2v) is 12.1. The van der Waals surface area contributed by atoms with Gasteiger partial charge in [-0.1, -0.05) is 48.5 Å². The summed E-state index contributed by atoms with van der Waals surface area (Å²) < 4.78 is 57.6. The first-order chi connectivity index (χ1) is 18.4. The molecule has 3 aromatic carbocycles.